The van der Waals surface area contributed by atoms with Crippen LogP contribution in [0.3, 0.4) is 0 Å². The van der Waals surface area contributed by atoms with Gasteiger partial charge in [-0.05, 0) is 36.8 Å². The van der Waals surface area contributed by atoms with Gasteiger partial charge < -0.3 is 16.2 Å². The minimum atomic E-state index is -1.11. The first-order valence-corrected chi connectivity index (χ1v) is 6.50. The Morgan fingerprint density at radius 2 is 1.95 bits per heavy atom. The Kier molecular flexibility index (Phi) is 4.06. The first kappa shape index (κ1) is 14.5. The molecule has 0 spiro atoms. The molecule has 20 heavy (non-hydrogen) atoms. The van der Waals surface area contributed by atoms with Crippen LogP contribution in [0.25, 0.3) is 0 Å². The Bertz CT molecular complexity index is 687. The molecular weight excluding hydrogens is 299 g/mol. The molecule has 0 saturated heterocycles. The van der Waals surface area contributed by atoms with Crippen LogP contribution in [-0.2, 0) is 0 Å². The summed E-state index contributed by atoms with van der Waals surface area (Å²) in [5.74, 6) is -1.11. The number of rotatable bonds is 3. The maximum absolute atomic E-state index is 11.3. The van der Waals surface area contributed by atoms with Crippen molar-refractivity contribution >= 4 is 46.2 Å². The van der Waals surface area contributed by atoms with E-state index in [9.17, 15) is 9.90 Å². The summed E-state index contributed by atoms with van der Waals surface area (Å²) in [6.07, 6.45) is 0. The van der Waals surface area contributed by atoms with Crippen LogP contribution in [0.4, 0.5) is 17.1 Å². The quantitative estimate of drug-likeness (QED) is 0.738. The highest BCUT2D eigenvalue weighted by Gasteiger charge is 2.16. The fraction of sp³-hybridized carbons (Fsp3) is 0.0714. The lowest BCUT2D eigenvalue weighted by Crippen LogP contribution is -2.05. The maximum atomic E-state index is 11.3. The predicted octanol–water partition coefficient (Wildman–Crippen LogP) is 4.33. The molecule has 2 aromatic carbocycles. The summed E-state index contributed by atoms with van der Waals surface area (Å²) in [7, 11) is 0. The third-order valence-corrected chi connectivity index (χ3v) is 3.58. The van der Waals surface area contributed by atoms with E-state index in [4.69, 9.17) is 28.9 Å². The molecule has 4 N–H and O–H groups in total. The highest BCUT2D eigenvalue weighted by atomic mass is 35.5. The number of hydrogen-bond donors (Lipinski definition) is 3. The Hall–Kier alpha value is -1.91. The van der Waals surface area contributed by atoms with Crippen LogP contribution in [-0.4, -0.2) is 11.1 Å². The number of anilines is 3. The Morgan fingerprint density at radius 1 is 1.25 bits per heavy atom. The van der Waals surface area contributed by atoms with Crippen molar-refractivity contribution in [3.63, 3.8) is 0 Å². The van der Waals surface area contributed by atoms with E-state index in [1.165, 1.54) is 12.1 Å². The number of aromatic carboxylic acids is 1. The van der Waals surface area contributed by atoms with Crippen molar-refractivity contribution in [2.24, 2.45) is 0 Å². The van der Waals surface area contributed by atoms with Crippen LogP contribution in [0, 0.1) is 6.92 Å². The number of benzene rings is 2. The van der Waals surface area contributed by atoms with Gasteiger partial charge in [-0.15, -0.1) is 0 Å². The maximum Gasteiger partial charge on any atom is 0.337 e. The predicted molar refractivity (Wildman–Crippen MR) is 82.3 cm³/mol. The van der Waals surface area contributed by atoms with Crippen LogP contribution >= 0.6 is 23.2 Å². The Morgan fingerprint density at radius 3 is 2.60 bits per heavy atom. The van der Waals surface area contributed by atoms with Crippen molar-refractivity contribution in [1.82, 2.24) is 0 Å². The molecule has 0 aliphatic heterocycles. The zero-order valence-electron chi connectivity index (χ0n) is 10.6. The molecule has 104 valence electrons. The van der Waals surface area contributed by atoms with Crippen LogP contribution < -0.4 is 11.1 Å². The lowest BCUT2D eigenvalue weighted by atomic mass is 10.1. The lowest BCUT2D eigenvalue weighted by molar-refractivity contribution is 0.0698. The van der Waals surface area contributed by atoms with E-state index in [0.717, 1.165) is 5.56 Å². The van der Waals surface area contributed by atoms with E-state index in [2.05, 4.69) is 5.32 Å². The molecule has 0 heterocycles. The molecular formula is C14H12Cl2N2O2. The Balaban J connectivity index is 2.53. The molecule has 0 fully saturated rings. The van der Waals surface area contributed by atoms with Crippen molar-refractivity contribution in [3.05, 3.63) is 51.5 Å². The minimum Gasteiger partial charge on any atom is -0.478 e. The van der Waals surface area contributed by atoms with Crippen molar-refractivity contribution in [2.75, 3.05) is 11.1 Å². The number of carboxylic acids is 1. The largest absolute Gasteiger partial charge is 0.478 e. The standard InChI is InChI=1S/C14H12Cl2N2O2/c1-7-10(15)3-2-4-12(7)18-13-9(14(19)20)5-8(17)6-11(13)16/h2-6,18H,17H2,1H3,(H,19,20). The average Bonchev–Trinajstić information content (AvgIpc) is 2.37. The molecule has 0 aliphatic carbocycles. The summed E-state index contributed by atoms with van der Waals surface area (Å²) in [4.78, 5) is 11.3. The van der Waals surface area contributed by atoms with Gasteiger partial charge in [-0.2, -0.15) is 0 Å². The van der Waals surface area contributed by atoms with E-state index in [-0.39, 0.29) is 10.6 Å². The molecule has 2 rings (SSSR count). The third-order valence-electron chi connectivity index (χ3n) is 2.87. The highest BCUT2D eigenvalue weighted by molar-refractivity contribution is 6.34. The summed E-state index contributed by atoms with van der Waals surface area (Å²) in [5.41, 5.74) is 7.70. The zero-order chi connectivity index (χ0) is 14.9. The van der Waals surface area contributed by atoms with E-state index < -0.39 is 5.97 Å². The summed E-state index contributed by atoms with van der Waals surface area (Å²) in [6.45, 7) is 1.83. The molecule has 0 bridgehead atoms. The van der Waals surface area contributed by atoms with E-state index in [1.54, 1.807) is 18.2 Å². The normalized spacial score (nSPS) is 10.3. The molecule has 2 aromatic rings. The summed E-state index contributed by atoms with van der Waals surface area (Å²) in [5, 5.41) is 13.1. The molecule has 0 aliphatic rings. The number of nitrogens with one attached hydrogen (secondary N) is 1. The fourth-order valence-electron chi connectivity index (χ4n) is 1.80. The molecule has 0 radical (unpaired) electrons. The van der Waals surface area contributed by atoms with Gasteiger partial charge >= 0.3 is 5.97 Å². The van der Waals surface area contributed by atoms with Crippen molar-refractivity contribution in [3.8, 4) is 0 Å². The monoisotopic (exact) mass is 310 g/mol. The molecule has 0 atom stereocenters. The fourth-order valence-corrected chi connectivity index (χ4v) is 2.25. The first-order chi connectivity index (χ1) is 9.40. The molecule has 0 unspecified atom stereocenters. The van der Waals surface area contributed by atoms with Gasteiger partial charge in [0.15, 0.2) is 0 Å². The number of nitrogens with two attached hydrogens (primary N) is 1. The molecule has 0 saturated carbocycles. The molecule has 6 heteroatoms. The number of carboxylic acid groups (broad SMARTS) is 1. The van der Waals surface area contributed by atoms with Gasteiger partial charge in [0.1, 0.15) is 0 Å². The number of halogens is 2. The van der Waals surface area contributed by atoms with Gasteiger partial charge in [-0.1, -0.05) is 29.3 Å². The zero-order valence-corrected chi connectivity index (χ0v) is 12.1. The van der Waals surface area contributed by atoms with Crippen molar-refractivity contribution in [1.29, 1.82) is 0 Å². The number of carbonyl (C=O) groups is 1. The van der Waals surface area contributed by atoms with Gasteiger partial charge in [-0.25, -0.2) is 4.79 Å². The smallest absolute Gasteiger partial charge is 0.337 e. The van der Waals surface area contributed by atoms with Crippen molar-refractivity contribution in [2.45, 2.75) is 6.92 Å². The summed E-state index contributed by atoms with van der Waals surface area (Å²) < 4.78 is 0. The number of nitrogen functional groups attached to an aromatic ring is 1. The molecule has 0 amide bonds. The van der Waals surface area contributed by atoms with E-state index in [1.807, 2.05) is 6.92 Å². The van der Waals surface area contributed by atoms with Crippen LogP contribution in [0.1, 0.15) is 15.9 Å². The third kappa shape index (κ3) is 2.81. The first-order valence-electron chi connectivity index (χ1n) is 5.74. The van der Waals surface area contributed by atoms with Crippen molar-refractivity contribution < 1.29 is 9.90 Å². The Labute approximate surface area is 126 Å². The van der Waals surface area contributed by atoms with Gasteiger partial charge in [0.2, 0.25) is 0 Å². The summed E-state index contributed by atoms with van der Waals surface area (Å²) >= 11 is 12.1. The molecule has 0 aromatic heterocycles. The topological polar surface area (TPSA) is 75.3 Å². The summed E-state index contributed by atoms with van der Waals surface area (Å²) in [6, 6.07) is 8.17. The van der Waals surface area contributed by atoms with Crippen LogP contribution in [0.5, 0.6) is 0 Å². The molecule has 4 nitrogen and oxygen atoms in total. The van der Waals surface area contributed by atoms with Gasteiger partial charge in [0.05, 0.1) is 16.3 Å². The minimum absolute atomic E-state index is 0.00868. The second-order valence-corrected chi connectivity index (χ2v) is 5.08. The second-order valence-electron chi connectivity index (χ2n) is 4.27. The van der Waals surface area contributed by atoms with Gasteiger partial charge in [0, 0.05) is 16.4 Å². The lowest BCUT2D eigenvalue weighted by Gasteiger charge is -2.15. The van der Waals surface area contributed by atoms with E-state index in [0.29, 0.717) is 22.1 Å². The highest BCUT2D eigenvalue weighted by Crippen LogP contribution is 2.34. The van der Waals surface area contributed by atoms with Crippen LogP contribution in [0.15, 0.2) is 30.3 Å². The average molecular weight is 311 g/mol. The van der Waals surface area contributed by atoms with Gasteiger partial charge in [-0.3, -0.25) is 0 Å². The van der Waals surface area contributed by atoms with E-state index >= 15 is 0 Å². The SMILES string of the molecule is Cc1c(Cl)cccc1Nc1c(Cl)cc(N)cc1C(=O)O. The van der Waals surface area contributed by atoms with Gasteiger partial charge in [0.25, 0.3) is 0 Å². The van der Waals surface area contributed by atoms with Crippen LogP contribution in [0.2, 0.25) is 10.0 Å². The second kappa shape index (κ2) is 5.61. The number of hydrogen-bond acceptors (Lipinski definition) is 3.